The van der Waals surface area contributed by atoms with Crippen molar-refractivity contribution in [1.29, 1.82) is 0 Å². The Morgan fingerprint density at radius 3 is 1.95 bits per heavy atom. The quantitative estimate of drug-likeness (QED) is 0.619. The van der Waals surface area contributed by atoms with E-state index in [1.54, 1.807) is 0 Å². The summed E-state index contributed by atoms with van der Waals surface area (Å²) < 4.78 is 0. The molecule has 96 valence electrons. The van der Waals surface area contributed by atoms with Gasteiger partial charge in [-0.2, -0.15) is 0 Å². The summed E-state index contributed by atoms with van der Waals surface area (Å²) >= 11 is 0. The molecule has 1 aliphatic rings. The van der Waals surface area contributed by atoms with E-state index in [2.05, 4.69) is 12.1 Å². The fraction of sp³-hybridized carbons (Fsp3) is 0.250. The molecule has 0 amide bonds. The van der Waals surface area contributed by atoms with Gasteiger partial charge in [-0.1, -0.05) is 60.7 Å². The molecule has 3 rings (SSSR count). The summed E-state index contributed by atoms with van der Waals surface area (Å²) in [4.78, 5) is 11.0. The number of nitrogens with zero attached hydrogens (tertiary/aromatic N) is 1. The number of benzene rings is 2. The molecule has 2 aromatic rings. The van der Waals surface area contributed by atoms with Gasteiger partial charge in [0, 0.05) is 17.3 Å². The van der Waals surface area contributed by atoms with Gasteiger partial charge in [0.2, 0.25) is 6.04 Å². The number of hydrogen-bond acceptors (Lipinski definition) is 2. The second-order valence-corrected chi connectivity index (χ2v) is 5.04. The van der Waals surface area contributed by atoms with Crippen molar-refractivity contribution in [2.75, 3.05) is 0 Å². The van der Waals surface area contributed by atoms with Crippen LogP contribution in [0.2, 0.25) is 0 Å². The Labute approximate surface area is 112 Å². The van der Waals surface area contributed by atoms with Crippen molar-refractivity contribution in [2.24, 2.45) is 0 Å². The van der Waals surface area contributed by atoms with Crippen molar-refractivity contribution < 1.29 is 4.92 Å². The van der Waals surface area contributed by atoms with Crippen molar-refractivity contribution in [1.82, 2.24) is 0 Å². The standard InChI is InChI=1S/C16H15NO2/c18-17(19)15-11-14(12-7-3-1-4-8-12)16(15)13-9-5-2-6-10-13/h1-10,14-16H,11H2/t14-,15+,16-/m0/s1. The average molecular weight is 253 g/mol. The fourth-order valence-electron chi connectivity index (χ4n) is 3.02. The van der Waals surface area contributed by atoms with Gasteiger partial charge in [0.25, 0.3) is 0 Å². The summed E-state index contributed by atoms with van der Waals surface area (Å²) in [6.07, 6.45) is 0.635. The van der Waals surface area contributed by atoms with Crippen LogP contribution in [0, 0.1) is 10.1 Å². The molecule has 0 radical (unpaired) electrons. The van der Waals surface area contributed by atoms with E-state index < -0.39 is 6.04 Å². The molecule has 3 heteroatoms. The Hall–Kier alpha value is -2.16. The minimum Gasteiger partial charge on any atom is -0.264 e. The highest BCUT2D eigenvalue weighted by Gasteiger charge is 2.50. The molecule has 0 aliphatic heterocycles. The molecule has 1 aliphatic carbocycles. The fourth-order valence-corrected chi connectivity index (χ4v) is 3.02. The van der Waals surface area contributed by atoms with Crippen molar-refractivity contribution in [3.63, 3.8) is 0 Å². The molecule has 1 saturated carbocycles. The van der Waals surface area contributed by atoms with Gasteiger partial charge in [0.05, 0.1) is 5.92 Å². The van der Waals surface area contributed by atoms with Gasteiger partial charge in [-0.15, -0.1) is 0 Å². The van der Waals surface area contributed by atoms with Crippen LogP contribution in [0.5, 0.6) is 0 Å². The van der Waals surface area contributed by atoms with E-state index in [0.717, 1.165) is 5.56 Å². The predicted molar refractivity (Wildman–Crippen MR) is 73.8 cm³/mol. The average Bonchev–Trinajstić information content (AvgIpc) is 2.39. The third kappa shape index (κ3) is 2.12. The smallest absolute Gasteiger partial charge is 0.221 e. The van der Waals surface area contributed by atoms with E-state index in [1.165, 1.54) is 5.56 Å². The van der Waals surface area contributed by atoms with Crippen LogP contribution in [-0.2, 0) is 0 Å². The molecule has 3 nitrogen and oxygen atoms in total. The largest absolute Gasteiger partial charge is 0.264 e. The Morgan fingerprint density at radius 1 is 0.895 bits per heavy atom. The lowest BCUT2D eigenvalue weighted by molar-refractivity contribution is -0.542. The van der Waals surface area contributed by atoms with E-state index >= 15 is 0 Å². The zero-order valence-corrected chi connectivity index (χ0v) is 10.5. The highest BCUT2D eigenvalue weighted by molar-refractivity contribution is 5.34. The summed E-state index contributed by atoms with van der Waals surface area (Å²) in [5, 5.41) is 11.1. The highest BCUT2D eigenvalue weighted by Crippen LogP contribution is 2.50. The topological polar surface area (TPSA) is 43.1 Å². The molecule has 0 bridgehead atoms. The van der Waals surface area contributed by atoms with Gasteiger partial charge >= 0.3 is 0 Å². The summed E-state index contributed by atoms with van der Waals surface area (Å²) in [6.45, 7) is 0. The van der Waals surface area contributed by atoms with Gasteiger partial charge in [0.15, 0.2) is 0 Å². The van der Waals surface area contributed by atoms with Crippen LogP contribution < -0.4 is 0 Å². The first-order valence-electron chi connectivity index (χ1n) is 6.51. The Morgan fingerprint density at radius 2 is 1.42 bits per heavy atom. The lowest BCUT2D eigenvalue weighted by Crippen LogP contribution is -2.43. The lowest BCUT2D eigenvalue weighted by Gasteiger charge is -2.39. The Kier molecular flexibility index (Phi) is 3.03. The summed E-state index contributed by atoms with van der Waals surface area (Å²) in [5.41, 5.74) is 2.28. The molecular formula is C16H15NO2. The van der Waals surface area contributed by atoms with E-state index in [1.807, 2.05) is 48.5 Å². The van der Waals surface area contributed by atoms with Crippen LogP contribution in [0.15, 0.2) is 60.7 Å². The maximum absolute atomic E-state index is 11.1. The zero-order chi connectivity index (χ0) is 13.2. The van der Waals surface area contributed by atoms with Crippen molar-refractivity contribution in [2.45, 2.75) is 24.3 Å². The van der Waals surface area contributed by atoms with Crippen molar-refractivity contribution >= 4 is 0 Å². The van der Waals surface area contributed by atoms with Gasteiger partial charge in [-0.05, 0) is 11.1 Å². The third-order valence-electron chi connectivity index (χ3n) is 4.03. The molecule has 3 atom stereocenters. The summed E-state index contributed by atoms with van der Waals surface area (Å²) in [5.74, 6) is 0.262. The molecule has 0 aromatic heterocycles. The van der Waals surface area contributed by atoms with E-state index in [-0.39, 0.29) is 16.8 Å². The van der Waals surface area contributed by atoms with Gasteiger partial charge in [-0.25, -0.2) is 0 Å². The minimum absolute atomic E-state index is 0.00130. The lowest BCUT2D eigenvalue weighted by atomic mass is 9.63. The Bertz CT molecular complexity index is 568. The van der Waals surface area contributed by atoms with Crippen molar-refractivity contribution in [3.05, 3.63) is 81.9 Å². The number of hydrogen-bond donors (Lipinski definition) is 0. The SMILES string of the molecule is O=[N+]([O-])[C@@H]1C[C@@H](c2ccccc2)[C@@H]1c1ccccc1. The van der Waals surface area contributed by atoms with E-state index in [4.69, 9.17) is 0 Å². The maximum atomic E-state index is 11.1. The number of nitro groups is 1. The molecule has 0 unspecified atom stereocenters. The number of rotatable bonds is 3. The second kappa shape index (κ2) is 4.84. The second-order valence-electron chi connectivity index (χ2n) is 5.04. The Balaban J connectivity index is 1.93. The molecular weight excluding hydrogens is 238 g/mol. The summed E-state index contributed by atoms with van der Waals surface area (Å²) in [7, 11) is 0. The van der Waals surface area contributed by atoms with Crippen LogP contribution in [0.1, 0.15) is 29.4 Å². The molecule has 0 saturated heterocycles. The first-order valence-corrected chi connectivity index (χ1v) is 6.51. The van der Waals surface area contributed by atoms with Crippen LogP contribution in [0.4, 0.5) is 0 Å². The third-order valence-corrected chi connectivity index (χ3v) is 4.03. The highest BCUT2D eigenvalue weighted by atomic mass is 16.6. The van der Waals surface area contributed by atoms with Crippen molar-refractivity contribution in [3.8, 4) is 0 Å². The zero-order valence-electron chi connectivity index (χ0n) is 10.5. The first-order chi connectivity index (χ1) is 9.27. The molecule has 0 heterocycles. The summed E-state index contributed by atoms with van der Waals surface area (Å²) in [6, 6.07) is 19.5. The molecule has 1 fully saturated rings. The van der Waals surface area contributed by atoms with Gasteiger partial charge < -0.3 is 0 Å². The molecule has 2 aromatic carbocycles. The van der Waals surface area contributed by atoms with E-state index in [9.17, 15) is 10.1 Å². The van der Waals surface area contributed by atoms with Crippen LogP contribution in [-0.4, -0.2) is 11.0 Å². The van der Waals surface area contributed by atoms with Gasteiger partial charge in [0.1, 0.15) is 0 Å². The van der Waals surface area contributed by atoms with E-state index in [0.29, 0.717) is 6.42 Å². The predicted octanol–water partition coefficient (Wildman–Crippen LogP) is 3.60. The first kappa shape index (κ1) is 11.9. The van der Waals surface area contributed by atoms with Gasteiger partial charge in [-0.3, -0.25) is 10.1 Å². The normalized spacial score (nSPS) is 25.6. The molecule has 19 heavy (non-hydrogen) atoms. The van der Waals surface area contributed by atoms with Crippen LogP contribution in [0.3, 0.4) is 0 Å². The van der Waals surface area contributed by atoms with Crippen LogP contribution >= 0.6 is 0 Å². The van der Waals surface area contributed by atoms with Crippen LogP contribution in [0.25, 0.3) is 0 Å². The molecule has 0 N–H and O–H groups in total. The monoisotopic (exact) mass is 253 g/mol. The molecule has 0 spiro atoms. The maximum Gasteiger partial charge on any atom is 0.221 e. The minimum atomic E-state index is -0.451.